The van der Waals surface area contributed by atoms with Gasteiger partial charge in [-0.3, -0.25) is 14.9 Å². The minimum atomic E-state index is -2.87. The lowest BCUT2D eigenvalue weighted by molar-refractivity contribution is 0.0695. The zero-order chi connectivity index (χ0) is 24.1. The number of halogens is 2. The maximum Gasteiger partial charge on any atom is 0.282 e. The smallest absolute Gasteiger partial charge is 0.282 e. The highest BCUT2D eigenvalue weighted by atomic mass is 32.1. The summed E-state index contributed by atoms with van der Waals surface area (Å²) in [6, 6.07) is 5.46. The number of amides is 1. The number of piperidine rings is 1. The molecule has 1 aliphatic heterocycles. The first-order valence-electron chi connectivity index (χ1n) is 10.8. The minimum Gasteiger partial charge on any atom is -0.497 e. The number of hydrogen-bond acceptors (Lipinski definition) is 6. The molecule has 0 spiro atoms. The summed E-state index contributed by atoms with van der Waals surface area (Å²) in [7, 11) is 3.33. The zero-order valence-corrected chi connectivity index (χ0v) is 19.9. The van der Waals surface area contributed by atoms with E-state index in [2.05, 4.69) is 10.1 Å². The maximum absolute atomic E-state index is 13.1. The van der Waals surface area contributed by atoms with Crippen LogP contribution < -0.4 is 4.74 Å². The van der Waals surface area contributed by atoms with Gasteiger partial charge in [-0.2, -0.15) is 4.80 Å². The van der Waals surface area contributed by atoms with E-state index in [1.807, 2.05) is 26.0 Å². The molecule has 1 fully saturated rings. The Kier molecular flexibility index (Phi) is 7.96. The number of fused-ring (bicyclic) bond motifs is 1. The van der Waals surface area contributed by atoms with Crippen molar-refractivity contribution in [2.45, 2.75) is 33.1 Å². The van der Waals surface area contributed by atoms with Crippen molar-refractivity contribution in [2.75, 3.05) is 20.2 Å². The quantitative estimate of drug-likeness (QED) is 0.527. The van der Waals surface area contributed by atoms with Crippen molar-refractivity contribution in [2.24, 2.45) is 13.0 Å². The van der Waals surface area contributed by atoms with Gasteiger partial charge in [0.25, 0.3) is 12.3 Å². The molecule has 1 aromatic carbocycles. The number of allylic oxidation sites excluding steroid dienone is 1. The van der Waals surface area contributed by atoms with Crippen molar-refractivity contribution in [1.82, 2.24) is 24.5 Å². The number of alkyl halides is 2. The molecule has 0 bridgehead atoms. The number of thiazole rings is 1. The zero-order valence-electron chi connectivity index (χ0n) is 19.1. The van der Waals surface area contributed by atoms with Crippen molar-refractivity contribution in [1.29, 1.82) is 5.41 Å². The van der Waals surface area contributed by atoms with E-state index in [-0.39, 0.29) is 11.8 Å². The van der Waals surface area contributed by atoms with Crippen LogP contribution in [0.15, 0.2) is 30.6 Å². The number of aryl methyl sites for hydroxylation is 1. The molecule has 33 heavy (non-hydrogen) atoms. The second-order valence-electron chi connectivity index (χ2n) is 7.36. The van der Waals surface area contributed by atoms with Crippen LogP contribution in [-0.4, -0.2) is 62.7 Å². The molecule has 0 unspecified atom stereocenters. The summed E-state index contributed by atoms with van der Waals surface area (Å²) in [6.07, 6.45) is 1.28. The molecular formula is C22H28F2N6O2S. The minimum absolute atomic E-state index is 0.186. The first kappa shape index (κ1) is 24.6. The van der Waals surface area contributed by atoms with Crippen molar-refractivity contribution >= 4 is 38.9 Å². The van der Waals surface area contributed by atoms with Gasteiger partial charge in [0, 0.05) is 26.1 Å². The largest absolute Gasteiger partial charge is 0.497 e. The molecule has 11 heteroatoms. The van der Waals surface area contributed by atoms with Crippen LogP contribution in [0.2, 0.25) is 0 Å². The number of hydrogen-bond donors (Lipinski definition) is 1. The number of aromatic nitrogens is 4. The van der Waals surface area contributed by atoms with Crippen molar-refractivity contribution < 1.29 is 18.3 Å². The van der Waals surface area contributed by atoms with E-state index in [1.54, 1.807) is 36.1 Å². The van der Waals surface area contributed by atoms with Crippen LogP contribution in [-0.2, 0) is 7.05 Å². The third-order valence-electron chi connectivity index (χ3n) is 5.30. The Bertz CT molecular complexity index is 1150. The summed E-state index contributed by atoms with van der Waals surface area (Å²) >= 11 is 1.30. The van der Waals surface area contributed by atoms with Gasteiger partial charge in [0.2, 0.25) is 0 Å². The first-order chi connectivity index (χ1) is 15.9. The van der Waals surface area contributed by atoms with Gasteiger partial charge >= 0.3 is 0 Å². The topological polar surface area (TPSA) is 89.0 Å². The number of carbonyl (C=O) groups is 1. The Morgan fingerprint density at radius 3 is 2.73 bits per heavy atom. The first-order valence-corrected chi connectivity index (χ1v) is 11.6. The molecule has 1 N–H and O–H groups in total. The van der Waals surface area contributed by atoms with E-state index >= 15 is 0 Å². The number of rotatable bonds is 6. The number of methoxy groups -OCH3 is 1. The summed E-state index contributed by atoms with van der Waals surface area (Å²) in [4.78, 5) is 20.8. The van der Waals surface area contributed by atoms with Crippen molar-refractivity contribution in [3.05, 3.63) is 35.6 Å². The van der Waals surface area contributed by atoms with Crippen LogP contribution in [0.4, 0.5) is 8.78 Å². The summed E-state index contributed by atoms with van der Waals surface area (Å²) in [6.45, 7) is 4.91. The summed E-state index contributed by atoms with van der Waals surface area (Å²) in [5, 5.41) is 12.1. The predicted octanol–water partition coefficient (Wildman–Crippen LogP) is 4.54. The maximum atomic E-state index is 13.1. The Morgan fingerprint density at radius 1 is 1.36 bits per heavy atom. The molecule has 2 aromatic heterocycles. The average Bonchev–Trinajstić information content (AvgIpc) is 3.26. The molecule has 3 heterocycles. The van der Waals surface area contributed by atoms with Crippen molar-refractivity contribution in [3.8, 4) is 5.75 Å². The van der Waals surface area contributed by atoms with Gasteiger partial charge in [-0.15, -0.1) is 16.4 Å². The molecule has 8 nitrogen and oxygen atoms in total. The Morgan fingerprint density at radius 2 is 2.12 bits per heavy atom. The summed E-state index contributed by atoms with van der Waals surface area (Å²) in [5.41, 5.74) is 0.445. The molecule has 0 saturated carbocycles. The Hall–Kier alpha value is -3.08. The normalized spacial score (nSPS) is 16.6. The molecule has 0 radical (unpaired) electrons. The highest BCUT2D eigenvalue weighted by Gasteiger charge is 2.30. The van der Waals surface area contributed by atoms with E-state index in [0.717, 1.165) is 16.6 Å². The van der Waals surface area contributed by atoms with Gasteiger partial charge < -0.3 is 9.64 Å². The summed E-state index contributed by atoms with van der Waals surface area (Å²) in [5.74, 6) is 0.295. The van der Waals surface area contributed by atoms with Gasteiger partial charge in [-0.25, -0.2) is 13.8 Å². The summed E-state index contributed by atoms with van der Waals surface area (Å²) < 4.78 is 33.8. The second kappa shape index (κ2) is 10.7. The molecule has 0 aliphatic carbocycles. The molecule has 1 saturated heterocycles. The van der Waals surface area contributed by atoms with Crippen LogP contribution in [0.5, 0.6) is 5.75 Å². The molecule has 1 amide bonds. The standard InChI is InChI=1S/C20H22F2N6O2S.C2H6/c1-26-11-24-28(26)16(9-14(23)18(21)22)12-4-3-7-27(10-12)20(29)19-25-15-6-5-13(30-2)8-17(15)31-19;1-2/h5-6,8-9,11-12,18,23H,3-4,7,10H2,1-2H3;1-2H3/b16-9-,23-14?;/t12-;/m0./s1. The highest BCUT2D eigenvalue weighted by Crippen LogP contribution is 2.31. The van der Waals surface area contributed by atoms with Crippen LogP contribution in [0.1, 0.15) is 36.5 Å². The lowest BCUT2D eigenvalue weighted by Crippen LogP contribution is -2.42. The van der Waals surface area contributed by atoms with E-state index in [1.165, 1.54) is 22.2 Å². The SMILES string of the molecule is CC.COc1ccc2nc(C(=O)N3CCC[C@H](/C(=C/C(=N)C(F)F)n4ncn4C)C3)sc2c1. The van der Waals surface area contributed by atoms with Gasteiger partial charge in [-0.1, -0.05) is 13.8 Å². The number of benzene rings is 1. The van der Waals surface area contributed by atoms with Crippen molar-refractivity contribution in [3.63, 3.8) is 0 Å². The van der Waals surface area contributed by atoms with E-state index in [0.29, 0.717) is 36.0 Å². The fraction of sp³-hybridized carbons (Fsp3) is 0.455. The molecule has 4 rings (SSSR count). The number of likely N-dealkylation sites (tertiary alicyclic amines) is 1. The Balaban J connectivity index is 0.00000149. The van der Waals surface area contributed by atoms with Gasteiger partial charge in [0.15, 0.2) is 5.01 Å². The van der Waals surface area contributed by atoms with E-state index in [9.17, 15) is 13.6 Å². The van der Waals surface area contributed by atoms with Crippen LogP contribution in [0.25, 0.3) is 15.9 Å². The molecular weight excluding hydrogens is 450 g/mol. The predicted molar refractivity (Wildman–Crippen MR) is 125 cm³/mol. The van der Waals surface area contributed by atoms with Gasteiger partial charge in [0.1, 0.15) is 12.1 Å². The van der Waals surface area contributed by atoms with E-state index in [4.69, 9.17) is 10.1 Å². The number of nitrogens with one attached hydrogen (secondary N) is 1. The van der Waals surface area contributed by atoms with Crippen LogP contribution in [0, 0.1) is 11.3 Å². The lowest BCUT2D eigenvalue weighted by Gasteiger charge is -2.34. The molecule has 178 valence electrons. The Labute approximate surface area is 194 Å². The van der Waals surface area contributed by atoms with Crippen LogP contribution in [0.3, 0.4) is 0 Å². The second-order valence-corrected chi connectivity index (χ2v) is 8.39. The third kappa shape index (κ3) is 5.29. The third-order valence-corrected chi connectivity index (χ3v) is 6.31. The highest BCUT2D eigenvalue weighted by molar-refractivity contribution is 7.20. The van der Waals surface area contributed by atoms with Gasteiger partial charge in [0.05, 0.1) is 28.7 Å². The van der Waals surface area contributed by atoms with E-state index < -0.39 is 12.1 Å². The number of nitrogens with zero attached hydrogens (tertiary/aromatic N) is 5. The average molecular weight is 479 g/mol. The molecule has 1 aliphatic rings. The molecule has 1 atom stereocenters. The molecule has 3 aromatic rings. The van der Waals surface area contributed by atoms with Gasteiger partial charge in [-0.05, 0) is 37.1 Å². The monoisotopic (exact) mass is 478 g/mol. The number of ether oxygens (including phenoxy) is 1. The lowest BCUT2D eigenvalue weighted by atomic mass is 9.93. The van der Waals surface area contributed by atoms with Crippen LogP contribution >= 0.6 is 11.3 Å². The number of carbonyl (C=O) groups excluding carboxylic acids is 1. The fourth-order valence-electron chi connectivity index (χ4n) is 3.68. The fourth-order valence-corrected chi connectivity index (χ4v) is 4.64.